The molecule has 0 bridgehead atoms. The van der Waals surface area contributed by atoms with Crippen molar-refractivity contribution in [1.29, 1.82) is 0 Å². The van der Waals surface area contributed by atoms with Crippen LogP contribution in [-0.4, -0.2) is 13.2 Å². The lowest BCUT2D eigenvalue weighted by Crippen LogP contribution is -2.24. The van der Waals surface area contributed by atoms with Crippen molar-refractivity contribution in [3.63, 3.8) is 0 Å². The summed E-state index contributed by atoms with van der Waals surface area (Å²) in [5, 5.41) is 0. The molecule has 1 fully saturated rings. The average molecular weight is 302 g/mol. The highest BCUT2D eigenvalue weighted by Gasteiger charge is 2.52. The molecule has 1 unspecified atom stereocenters. The first-order valence-electron chi connectivity index (χ1n) is 8.12. The predicted octanol–water partition coefficient (Wildman–Crippen LogP) is 4.94. The highest BCUT2D eigenvalue weighted by Crippen LogP contribution is 2.58. The maximum atomic E-state index is 5.79. The first-order valence-corrected chi connectivity index (χ1v) is 8.12. The van der Waals surface area contributed by atoms with Crippen LogP contribution < -0.4 is 0 Å². The lowest BCUT2D eigenvalue weighted by Gasteiger charge is -2.25. The molecule has 1 saturated carbocycles. The van der Waals surface area contributed by atoms with Crippen LogP contribution in [-0.2, 0) is 4.74 Å². The van der Waals surface area contributed by atoms with Crippen LogP contribution in [0.1, 0.15) is 30.9 Å². The molecule has 0 amide bonds. The van der Waals surface area contributed by atoms with E-state index >= 15 is 0 Å². The van der Waals surface area contributed by atoms with Gasteiger partial charge in [0.15, 0.2) is 0 Å². The Bertz CT molecular complexity index is 728. The third-order valence-electron chi connectivity index (χ3n) is 4.56. The van der Waals surface area contributed by atoms with E-state index in [0.29, 0.717) is 0 Å². The molecule has 2 aromatic carbocycles. The maximum Gasteiger partial charge on any atom is 0.127 e. The zero-order valence-electron chi connectivity index (χ0n) is 13.8. The van der Waals surface area contributed by atoms with Crippen LogP contribution in [0.2, 0.25) is 0 Å². The van der Waals surface area contributed by atoms with Gasteiger partial charge in [0, 0.05) is 18.1 Å². The third-order valence-corrected chi connectivity index (χ3v) is 4.56. The second kappa shape index (κ2) is 6.86. The van der Waals surface area contributed by atoms with Gasteiger partial charge in [-0.1, -0.05) is 66.4 Å². The summed E-state index contributed by atoms with van der Waals surface area (Å²) < 4.78 is 5.79. The van der Waals surface area contributed by atoms with Crippen LogP contribution in [0.25, 0.3) is 5.57 Å². The minimum Gasteiger partial charge on any atom is -0.368 e. The van der Waals surface area contributed by atoms with Crippen LogP contribution in [0.5, 0.6) is 0 Å². The fourth-order valence-corrected chi connectivity index (χ4v) is 3.26. The van der Waals surface area contributed by atoms with Gasteiger partial charge in [-0.25, -0.2) is 0 Å². The monoisotopic (exact) mass is 302 g/mol. The van der Waals surface area contributed by atoms with E-state index in [4.69, 9.17) is 4.74 Å². The van der Waals surface area contributed by atoms with Gasteiger partial charge in [0.25, 0.3) is 0 Å². The molecule has 116 valence electrons. The van der Waals surface area contributed by atoms with E-state index in [0.717, 1.165) is 18.4 Å². The van der Waals surface area contributed by atoms with Gasteiger partial charge in [-0.3, -0.25) is 0 Å². The SMILES string of the molecule is C/C=C(\c1ccccc1)C1(C(C#Cc2ccccc2)OC)CC1. The van der Waals surface area contributed by atoms with E-state index in [1.54, 1.807) is 7.11 Å². The zero-order chi connectivity index (χ0) is 16.1. The van der Waals surface area contributed by atoms with Crippen molar-refractivity contribution in [1.82, 2.24) is 0 Å². The lowest BCUT2D eigenvalue weighted by atomic mass is 9.84. The first kappa shape index (κ1) is 15.6. The molecule has 23 heavy (non-hydrogen) atoms. The summed E-state index contributed by atoms with van der Waals surface area (Å²) in [6, 6.07) is 20.7. The molecule has 2 aromatic rings. The molecule has 0 aromatic heterocycles. The summed E-state index contributed by atoms with van der Waals surface area (Å²) >= 11 is 0. The van der Waals surface area contributed by atoms with E-state index in [-0.39, 0.29) is 11.5 Å². The normalized spacial score (nSPS) is 17.0. The second-order valence-corrected chi connectivity index (χ2v) is 5.98. The van der Waals surface area contributed by atoms with Crippen molar-refractivity contribution in [3.8, 4) is 11.8 Å². The second-order valence-electron chi connectivity index (χ2n) is 5.98. The molecule has 3 rings (SSSR count). The van der Waals surface area contributed by atoms with Crippen LogP contribution in [0.3, 0.4) is 0 Å². The number of ether oxygens (including phenoxy) is 1. The van der Waals surface area contributed by atoms with E-state index in [9.17, 15) is 0 Å². The number of rotatable bonds is 4. The van der Waals surface area contributed by atoms with E-state index in [1.165, 1.54) is 11.1 Å². The number of hydrogen-bond donors (Lipinski definition) is 0. The lowest BCUT2D eigenvalue weighted by molar-refractivity contribution is 0.109. The molecule has 0 N–H and O–H groups in total. The van der Waals surface area contributed by atoms with Gasteiger partial charge in [0.05, 0.1) is 0 Å². The Morgan fingerprint density at radius 3 is 2.17 bits per heavy atom. The Balaban J connectivity index is 1.90. The van der Waals surface area contributed by atoms with Crippen LogP contribution >= 0.6 is 0 Å². The molecule has 0 saturated heterocycles. The van der Waals surface area contributed by atoms with Gasteiger partial charge >= 0.3 is 0 Å². The van der Waals surface area contributed by atoms with Crippen LogP contribution in [0, 0.1) is 17.3 Å². The van der Waals surface area contributed by atoms with Crippen molar-refractivity contribution in [2.75, 3.05) is 7.11 Å². The van der Waals surface area contributed by atoms with E-state index in [1.807, 2.05) is 30.3 Å². The number of methoxy groups -OCH3 is 1. The number of hydrogen-bond acceptors (Lipinski definition) is 1. The molecule has 0 heterocycles. The minimum absolute atomic E-state index is 0.0344. The molecular formula is C22H22O. The van der Waals surface area contributed by atoms with Gasteiger partial charge in [-0.2, -0.15) is 0 Å². The fourth-order valence-electron chi connectivity index (χ4n) is 3.26. The summed E-state index contributed by atoms with van der Waals surface area (Å²) in [6.45, 7) is 2.11. The molecule has 0 aliphatic heterocycles. The highest BCUT2D eigenvalue weighted by atomic mass is 16.5. The molecular weight excluding hydrogens is 280 g/mol. The summed E-state index contributed by atoms with van der Waals surface area (Å²) in [5.41, 5.74) is 3.70. The Labute approximate surface area is 139 Å². The smallest absolute Gasteiger partial charge is 0.127 e. The summed E-state index contributed by atoms with van der Waals surface area (Å²) in [7, 11) is 1.77. The van der Waals surface area contributed by atoms with Crippen LogP contribution in [0.15, 0.2) is 66.7 Å². The van der Waals surface area contributed by atoms with Crippen molar-refractivity contribution in [2.45, 2.75) is 25.9 Å². The topological polar surface area (TPSA) is 9.23 Å². The quantitative estimate of drug-likeness (QED) is 0.727. The van der Waals surface area contributed by atoms with Crippen molar-refractivity contribution in [2.24, 2.45) is 5.41 Å². The Kier molecular flexibility index (Phi) is 4.65. The molecule has 1 heteroatoms. The Morgan fingerprint density at radius 1 is 1.04 bits per heavy atom. The molecule has 0 spiro atoms. The van der Waals surface area contributed by atoms with E-state index in [2.05, 4.69) is 55.2 Å². The Morgan fingerprint density at radius 2 is 1.65 bits per heavy atom. The Hall–Kier alpha value is -2.30. The third kappa shape index (κ3) is 3.23. The zero-order valence-corrected chi connectivity index (χ0v) is 13.8. The molecule has 1 atom stereocenters. The molecule has 0 radical (unpaired) electrons. The fraction of sp³-hybridized carbons (Fsp3) is 0.273. The molecule has 1 aliphatic rings. The number of benzene rings is 2. The van der Waals surface area contributed by atoms with Gasteiger partial charge in [-0.05, 0) is 43.0 Å². The summed E-state index contributed by atoms with van der Waals surface area (Å²) in [4.78, 5) is 0. The van der Waals surface area contributed by atoms with Crippen LogP contribution in [0.4, 0.5) is 0 Å². The van der Waals surface area contributed by atoms with Gasteiger partial charge < -0.3 is 4.74 Å². The van der Waals surface area contributed by atoms with Gasteiger partial charge in [0.1, 0.15) is 6.10 Å². The number of allylic oxidation sites excluding steroid dienone is 1. The summed E-state index contributed by atoms with van der Waals surface area (Å²) in [6.07, 6.45) is 4.40. The van der Waals surface area contributed by atoms with Crippen molar-refractivity contribution < 1.29 is 4.74 Å². The van der Waals surface area contributed by atoms with Crippen molar-refractivity contribution in [3.05, 3.63) is 77.9 Å². The highest BCUT2D eigenvalue weighted by molar-refractivity contribution is 5.74. The van der Waals surface area contributed by atoms with E-state index < -0.39 is 0 Å². The molecule has 1 aliphatic carbocycles. The first-order chi connectivity index (χ1) is 11.3. The van der Waals surface area contributed by atoms with Crippen molar-refractivity contribution >= 4 is 5.57 Å². The molecule has 1 nitrogen and oxygen atoms in total. The minimum atomic E-state index is -0.0749. The summed E-state index contributed by atoms with van der Waals surface area (Å²) in [5.74, 6) is 6.63. The largest absolute Gasteiger partial charge is 0.368 e. The standard InChI is InChI=1S/C22H22O/c1-3-20(19-12-8-5-9-13-19)22(16-17-22)21(23-2)15-14-18-10-6-4-7-11-18/h3-13,21H,16-17H2,1-2H3/b20-3+. The van der Waals surface area contributed by atoms with Gasteiger partial charge in [0.2, 0.25) is 0 Å². The van der Waals surface area contributed by atoms with Gasteiger partial charge in [-0.15, -0.1) is 0 Å². The predicted molar refractivity (Wildman–Crippen MR) is 95.9 cm³/mol. The average Bonchev–Trinajstić information content (AvgIpc) is 3.39. The maximum absolute atomic E-state index is 5.79.